The first-order valence-electron chi connectivity index (χ1n) is 10.6. The quantitative estimate of drug-likeness (QED) is 0.170. The summed E-state index contributed by atoms with van der Waals surface area (Å²) in [7, 11) is 3.06. The van der Waals surface area contributed by atoms with Gasteiger partial charge in [0.1, 0.15) is 13.2 Å². The van der Waals surface area contributed by atoms with E-state index in [4.69, 9.17) is 36.5 Å². The molecule has 0 fully saturated rings. The van der Waals surface area contributed by atoms with Gasteiger partial charge < -0.3 is 24.7 Å². The van der Waals surface area contributed by atoms with E-state index in [2.05, 4.69) is 4.84 Å². The van der Waals surface area contributed by atoms with Crippen molar-refractivity contribution >= 4 is 35.5 Å². The molecule has 2 aromatic rings. The van der Waals surface area contributed by atoms with Gasteiger partial charge in [-0.2, -0.15) is 0 Å². The molecule has 0 radical (unpaired) electrons. The maximum Gasteiger partial charge on any atom is 0.163 e. The van der Waals surface area contributed by atoms with Crippen LogP contribution in [0, 0.1) is 0 Å². The van der Waals surface area contributed by atoms with Crippen LogP contribution in [0.3, 0.4) is 0 Å². The molecule has 0 aliphatic carbocycles. The highest BCUT2D eigenvalue weighted by Crippen LogP contribution is 2.29. The van der Waals surface area contributed by atoms with Gasteiger partial charge in [-0.3, -0.25) is 9.59 Å². The van der Waals surface area contributed by atoms with Crippen molar-refractivity contribution in [3.8, 4) is 23.0 Å². The van der Waals surface area contributed by atoms with E-state index in [0.29, 0.717) is 49.3 Å². The predicted molar refractivity (Wildman–Crippen MR) is 133 cm³/mol. The van der Waals surface area contributed by atoms with Crippen LogP contribution in [-0.2, 0) is 9.59 Å². The second-order valence-electron chi connectivity index (χ2n) is 6.97. The normalized spacial score (nSPS) is 11.1. The van der Waals surface area contributed by atoms with Gasteiger partial charge in [-0.15, -0.1) is 0 Å². The molecule has 0 aliphatic heterocycles. The maximum absolute atomic E-state index is 12.2. The third-order valence-corrected chi connectivity index (χ3v) is 4.67. The number of ether oxygens (including phenoxy) is 4. The minimum atomic E-state index is -0.315. The van der Waals surface area contributed by atoms with Crippen molar-refractivity contribution in [3.05, 3.63) is 59.7 Å². The van der Waals surface area contributed by atoms with Crippen LogP contribution in [0.1, 0.15) is 17.5 Å². The summed E-state index contributed by atoms with van der Waals surface area (Å²) in [5.74, 6) is 1.56. The number of nitrogens with one attached hydrogen (secondary N) is 1. The molecule has 9 heteroatoms. The SMILES string of the molecule is COc1cc(/C=C/C(=O)CC(=O)/C=C/c2ccc(OCCNCl)c(OC)c2)ccc1OCCN. The summed E-state index contributed by atoms with van der Waals surface area (Å²) in [6.07, 6.45) is 5.73. The molecule has 0 aliphatic rings. The fourth-order valence-electron chi connectivity index (χ4n) is 2.85. The molecule has 2 aromatic carbocycles. The number of halogens is 1. The van der Waals surface area contributed by atoms with Gasteiger partial charge in [0, 0.05) is 13.1 Å². The first kappa shape index (κ1) is 26.9. The lowest BCUT2D eigenvalue weighted by Crippen LogP contribution is -2.12. The standard InChI is InChI=1S/C25H29ClN2O6/c1-31-24-15-18(5-9-22(24)33-13-11-27)3-7-20(29)17-21(30)8-4-19-6-10-23(25(16-19)32-2)34-14-12-28-26/h3-10,15-16,28H,11-14,17,27H2,1-2H3/b7-3+,8-4+. The highest BCUT2D eigenvalue weighted by Gasteiger charge is 2.08. The smallest absolute Gasteiger partial charge is 0.163 e. The molecule has 3 N–H and O–H groups in total. The Morgan fingerprint density at radius 1 is 0.853 bits per heavy atom. The molecular weight excluding hydrogens is 460 g/mol. The number of methoxy groups -OCH3 is 2. The number of benzene rings is 2. The molecule has 2 rings (SSSR count). The molecule has 0 aromatic heterocycles. The molecule has 0 amide bonds. The zero-order chi connectivity index (χ0) is 24.8. The van der Waals surface area contributed by atoms with Gasteiger partial charge in [0.05, 0.1) is 20.6 Å². The van der Waals surface area contributed by atoms with Gasteiger partial charge in [-0.05, 0) is 59.3 Å². The van der Waals surface area contributed by atoms with Crippen molar-refractivity contribution in [2.45, 2.75) is 6.42 Å². The lowest BCUT2D eigenvalue weighted by atomic mass is 10.1. The fourth-order valence-corrected chi connectivity index (χ4v) is 2.93. The van der Waals surface area contributed by atoms with Crippen LogP contribution in [0.5, 0.6) is 23.0 Å². The van der Waals surface area contributed by atoms with Crippen LogP contribution >= 0.6 is 11.8 Å². The fraction of sp³-hybridized carbons (Fsp3) is 0.280. The van der Waals surface area contributed by atoms with E-state index < -0.39 is 0 Å². The van der Waals surface area contributed by atoms with E-state index in [1.807, 2.05) is 0 Å². The largest absolute Gasteiger partial charge is 0.493 e. The summed E-state index contributed by atoms with van der Waals surface area (Å²) in [5, 5.41) is 0. The van der Waals surface area contributed by atoms with Gasteiger partial charge in [-0.1, -0.05) is 24.3 Å². The number of carbonyl (C=O) groups excluding carboxylic acids is 2. The zero-order valence-electron chi connectivity index (χ0n) is 19.2. The number of rotatable bonds is 15. The Labute approximate surface area is 204 Å². The third-order valence-electron chi connectivity index (χ3n) is 4.48. The van der Waals surface area contributed by atoms with Crippen molar-refractivity contribution in [3.63, 3.8) is 0 Å². The second kappa shape index (κ2) is 14.7. The highest BCUT2D eigenvalue weighted by molar-refractivity contribution is 6.13. The van der Waals surface area contributed by atoms with Gasteiger partial charge in [0.25, 0.3) is 0 Å². The predicted octanol–water partition coefficient (Wildman–Crippen LogP) is 3.42. The molecule has 0 unspecified atom stereocenters. The van der Waals surface area contributed by atoms with E-state index in [0.717, 1.165) is 11.1 Å². The molecule has 0 atom stereocenters. The Morgan fingerprint density at radius 3 is 1.79 bits per heavy atom. The number of ketones is 2. The topological polar surface area (TPSA) is 109 Å². The van der Waals surface area contributed by atoms with Crippen LogP contribution in [0.2, 0.25) is 0 Å². The van der Waals surface area contributed by atoms with Gasteiger partial charge >= 0.3 is 0 Å². The van der Waals surface area contributed by atoms with Gasteiger partial charge in [0.2, 0.25) is 0 Å². The number of allylic oxidation sites excluding steroid dienone is 2. The van der Waals surface area contributed by atoms with E-state index >= 15 is 0 Å². The average Bonchev–Trinajstić information content (AvgIpc) is 2.85. The molecule has 8 nitrogen and oxygen atoms in total. The average molecular weight is 489 g/mol. The monoisotopic (exact) mass is 488 g/mol. The molecule has 0 saturated heterocycles. The minimum Gasteiger partial charge on any atom is -0.493 e. The third kappa shape index (κ3) is 8.90. The van der Waals surface area contributed by atoms with E-state index in [9.17, 15) is 9.59 Å². The number of hydrogen-bond donors (Lipinski definition) is 2. The van der Waals surface area contributed by atoms with Crippen molar-refractivity contribution in [1.29, 1.82) is 0 Å². The lowest BCUT2D eigenvalue weighted by molar-refractivity contribution is -0.121. The molecule has 34 heavy (non-hydrogen) atoms. The second-order valence-corrected chi connectivity index (χ2v) is 7.23. The van der Waals surface area contributed by atoms with Gasteiger partial charge in [0.15, 0.2) is 34.6 Å². The van der Waals surface area contributed by atoms with Gasteiger partial charge in [-0.25, -0.2) is 4.84 Å². The van der Waals surface area contributed by atoms with Crippen LogP contribution < -0.4 is 29.5 Å². The molecular formula is C25H29ClN2O6. The highest BCUT2D eigenvalue weighted by atomic mass is 35.5. The van der Waals surface area contributed by atoms with Crippen molar-refractivity contribution < 1.29 is 28.5 Å². The molecule has 182 valence electrons. The van der Waals surface area contributed by atoms with Crippen LogP contribution in [0.15, 0.2) is 48.6 Å². The van der Waals surface area contributed by atoms with Crippen LogP contribution in [0.25, 0.3) is 12.2 Å². The van der Waals surface area contributed by atoms with Crippen LogP contribution in [-0.4, -0.2) is 52.1 Å². The first-order valence-corrected chi connectivity index (χ1v) is 11.0. The first-order chi connectivity index (χ1) is 16.5. The zero-order valence-corrected chi connectivity index (χ0v) is 20.0. The van der Waals surface area contributed by atoms with Crippen molar-refractivity contribution in [1.82, 2.24) is 4.84 Å². The lowest BCUT2D eigenvalue weighted by Gasteiger charge is -2.10. The maximum atomic E-state index is 12.2. The summed E-state index contributed by atoms with van der Waals surface area (Å²) in [6, 6.07) is 10.5. The summed E-state index contributed by atoms with van der Waals surface area (Å²) in [6.45, 7) is 1.62. The minimum absolute atomic E-state index is 0.244. The van der Waals surface area contributed by atoms with E-state index in [-0.39, 0.29) is 18.0 Å². The van der Waals surface area contributed by atoms with Crippen molar-refractivity contribution in [2.75, 3.05) is 40.5 Å². The Balaban J connectivity index is 1.94. The molecule has 0 heterocycles. The summed E-state index contributed by atoms with van der Waals surface area (Å²) < 4.78 is 21.7. The summed E-state index contributed by atoms with van der Waals surface area (Å²) >= 11 is 5.41. The molecule has 0 bridgehead atoms. The molecule has 0 saturated carbocycles. The van der Waals surface area contributed by atoms with Crippen molar-refractivity contribution in [2.24, 2.45) is 5.73 Å². The Hall–Kier alpha value is -3.33. The number of carbonyl (C=O) groups is 2. The Bertz CT molecular complexity index is 1020. The number of nitrogens with two attached hydrogens (primary N) is 1. The summed E-state index contributed by atoms with van der Waals surface area (Å²) in [4.78, 5) is 26.9. The van der Waals surface area contributed by atoms with E-state index in [1.165, 1.54) is 26.4 Å². The molecule has 0 spiro atoms. The summed E-state index contributed by atoms with van der Waals surface area (Å²) in [5.41, 5.74) is 6.93. The van der Waals surface area contributed by atoms with E-state index in [1.54, 1.807) is 48.6 Å². The Kier molecular flexibility index (Phi) is 11.7. The number of hydrogen-bond acceptors (Lipinski definition) is 8. The van der Waals surface area contributed by atoms with Crippen LogP contribution in [0.4, 0.5) is 0 Å². The Morgan fingerprint density at radius 2 is 1.35 bits per heavy atom.